The average molecular weight is 498 g/mol. The molecule has 1 N–H and O–H groups in total. The molecule has 7 nitrogen and oxygen atoms in total. The summed E-state index contributed by atoms with van der Waals surface area (Å²) in [6.45, 7) is 5.16. The minimum Gasteiger partial charge on any atom is -0.467 e. The Bertz CT molecular complexity index is 894. The normalized spacial score (nSPS) is 26.3. The van der Waals surface area contributed by atoms with Gasteiger partial charge in [-0.25, -0.2) is 4.79 Å². The van der Waals surface area contributed by atoms with Crippen molar-refractivity contribution in [3.05, 3.63) is 28.2 Å². The Morgan fingerprint density at radius 1 is 1.21 bits per heavy atom. The lowest BCUT2D eigenvalue weighted by atomic mass is 9.90. The van der Waals surface area contributed by atoms with Crippen LogP contribution in [0.2, 0.25) is 10.0 Å². The molecule has 182 valence electrons. The first-order chi connectivity index (χ1) is 15.7. The minimum atomic E-state index is -0.646. The number of β-amino-alcohol motifs (C(OH)–C–C–N with tert-alkyl or cyclic N) is 1. The molecule has 2 saturated heterocycles. The summed E-state index contributed by atoms with van der Waals surface area (Å²) in [5.41, 5.74) is 1.04. The van der Waals surface area contributed by atoms with Gasteiger partial charge in [0.25, 0.3) is 0 Å². The van der Waals surface area contributed by atoms with Crippen molar-refractivity contribution in [2.75, 3.05) is 44.7 Å². The maximum atomic E-state index is 13.1. The molecule has 0 bridgehead atoms. The van der Waals surface area contributed by atoms with Crippen molar-refractivity contribution in [1.29, 1.82) is 0 Å². The van der Waals surface area contributed by atoms with Gasteiger partial charge in [-0.2, -0.15) is 0 Å². The van der Waals surface area contributed by atoms with Crippen LogP contribution in [0.25, 0.3) is 0 Å². The molecule has 1 saturated carbocycles. The van der Waals surface area contributed by atoms with E-state index in [0.717, 1.165) is 31.5 Å². The summed E-state index contributed by atoms with van der Waals surface area (Å²) < 4.78 is 5.09. The van der Waals surface area contributed by atoms with E-state index in [1.54, 1.807) is 11.0 Å². The first kappa shape index (κ1) is 24.6. The second kappa shape index (κ2) is 9.98. The number of anilines is 1. The summed E-state index contributed by atoms with van der Waals surface area (Å²) in [5, 5.41) is 11.5. The van der Waals surface area contributed by atoms with E-state index in [9.17, 15) is 14.7 Å². The first-order valence-electron chi connectivity index (χ1n) is 11.7. The third kappa shape index (κ3) is 5.26. The molecule has 2 heterocycles. The Kier molecular flexibility index (Phi) is 7.44. The van der Waals surface area contributed by atoms with Crippen molar-refractivity contribution >= 4 is 40.8 Å². The van der Waals surface area contributed by atoms with Crippen LogP contribution in [0.15, 0.2) is 18.2 Å². The molecule has 1 aromatic carbocycles. The highest BCUT2D eigenvalue weighted by atomic mass is 35.5. The van der Waals surface area contributed by atoms with Crippen molar-refractivity contribution < 1.29 is 19.4 Å². The molecule has 2 aliphatic heterocycles. The van der Waals surface area contributed by atoms with Crippen molar-refractivity contribution in [2.45, 2.75) is 57.2 Å². The Hall–Kier alpha value is -1.54. The molecule has 3 atom stereocenters. The molecule has 1 aliphatic carbocycles. The van der Waals surface area contributed by atoms with E-state index in [1.807, 2.05) is 19.1 Å². The molecule has 3 aliphatic rings. The lowest BCUT2D eigenvalue weighted by Gasteiger charge is -2.38. The zero-order valence-electron chi connectivity index (χ0n) is 19.3. The average Bonchev–Trinajstić information content (AvgIpc) is 3.59. The quantitative estimate of drug-likeness (QED) is 0.608. The number of halogens is 2. The zero-order valence-corrected chi connectivity index (χ0v) is 20.8. The fraction of sp³-hybridized carbons (Fsp3) is 0.667. The lowest BCUT2D eigenvalue weighted by Crippen LogP contribution is -2.51. The molecule has 0 unspecified atom stereocenters. The SMILES string of the molecule is COC(=O)[C@H](CCN1CCC2(CC2)[C@H](O)C1)N1C[C@@H](C)N(c2ccc(Cl)c(Cl)c2)CCC1=O. The van der Waals surface area contributed by atoms with Gasteiger partial charge in [0.15, 0.2) is 0 Å². The largest absolute Gasteiger partial charge is 0.467 e. The van der Waals surface area contributed by atoms with Crippen LogP contribution in [0.4, 0.5) is 5.69 Å². The minimum absolute atomic E-state index is 0.0209. The molecule has 1 aromatic rings. The molecule has 0 aromatic heterocycles. The first-order valence-corrected chi connectivity index (χ1v) is 12.5. The van der Waals surface area contributed by atoms with Gasteiger partial charge in [-0.3, -0.25) is 4.79 Å². The Morgan fingerprint density at radius 2 is 1.97 bits per heavy atom. The predicted molar refractivity (Wildman–Crippen MR) is 129 cm³/mol. The number of piperidine rings is 1. The smallest absolute Gasteiger partial charge is 0.328 e. The molecule has 1 amide bonds. The van der Waals surface area contributed by atoms with E-state index >= 15 is 0 Å². The van der Waals surface area contributed by atoms with Gasteiger partial charge in [0, 0.05) is 44.3 Å². The summed E-state index contributed by atoms with van der Waals surface area (Å²) in [4.78, 5) is 31.8. The molecule has 3 fully saturated rings. The van der Waals surface area contributed by atoms with Crippen molar-refractivity contribution in [2.24, 2.45) is 5.41 Å². The third-order valence-corrected chi connectivity index (χ3v) is 8.38. The van der Waals surface area contributed by atoms with Gasteiger partial charge in [0.1, 0.15) is 6.04 Å². The van der Waals surface area contributed by atoms with Crippen molar-refractivity contribution in [3.8, 4) is 0 Å². The number of methoxy groups -OCH3 is 1. The van der Waals surface area contributed by atoms with Crippen LogP contribution in [0.5, 0.6) is 0 Å². The number of rotatable bonds is 6. The fourth-order valence-electron chi connectivity index (χ4n) is 5.28. The third-order valence-electron chi connectivity index (χ3n) is 7.64. The van der Waals surface area contributed by atoms with E-state index in [1.165, 1.54) is 7.11 Å². The molecule has 33 heavy (non-hydrogen) atoms. The van der Waals surface area contributed by atoms with E-state index in [2.05, 4.69) is 9.80 Å². The summed E-state index contributed by atoms with van der Waals surface area (Å²) in [7, 11) is 1.37. The summed E-state index contributed by atoms with van der Waals surface area (Å²) in [6, 6.07) is 4.80. The number of esters is 1. The van der Waals surface area contributed by atoms with Crippen LogP contribution in [0, 0.1) is 5.41 Å². The number of nitrogens with zero attached hydrogens (tertiary/aromatic N) is 3. The lowest BCUT2D eigenvalue weighted by molar-refractivity contribution is -0.153. The molecule has 4 rings (SSSR count). The van der Waals surface area contributed by atoms with Crippen LogP contribution >= 0.6 is 23.2 Å². The number of carbonyl (C=O) groups is 2. The van der Waals surface area contributed by atoms with Gasteiger partial charge < -0.3 is 24.5 Å². The Morgan fingerprint density at radius 3 is 2.61 bits per heavy atom. The Balaban J connectivity index is 1.44. The summed E-state index contributed by atoms with van der Waals surface area (Å²) in [6.07, 6.45) is 3.70. The van der Waals surface area contributed by atoms with E-state index in [4.69, 9.17) is 27.9 Å². The summed E-state index contributed by atoms with van der Waals surface area (Å²) >= 11 is 12.3. The number of carbonyl (C=O) groups excluding carboxylic acids is 2. The predicted octanol–water partition coefficient (Wildman–Crippen LogP) is 3.20. The maximum Gasteiger partial charge on any atom is 0.328 e. The molecular weight excluding hydrogens is 465 g/mol. The number of hydrogen-bond donors (Lipinski definition) is 1. The highest BCUT2D eigenvalue weighted by molar-refractivity contribution is 6.42. The molecule has 0 radical (unpaired) electrons. The molecular formula is C24H33Cl2N3O4. The number of aliphatic hydroxyl groups excluding tert-OH is 1. The number of benzene rings is 1. The standard InChI is InChI=1S/C24H33Cl2N3O4/c1-16-14-29(22(31)6-11-28(16)17-3-4-18(25)19(26)13-17)20(23(32)33-2)5-10-27-12-9-24(7-8-24)21(30)15-27/h3-4,13,16,20-21,30H,5-12,14-15H2,1-2H3/t16-,20+,21-/m1/s1. The number of ether oxygens (including phenoxy) is 1. The number of likely N-dealkylation sites (tertiary alicyclic amines) is 1. The van der Waals surface area contributed by atoms with Gasteiger partial charge in [-0.05, 0) is 62.8 Å². The maximum absolute atomic E-state index is 13.1. The number of aliphatic hydroxyl groups is 1. The molecule has 9 heteroatoms. The van der Waals surface area contributed by atoms with Gasteiger partial charge in [0.2, 0.25) is 5.91 Å². The van der Waals surface area contributed by atoms with Crippen LogP contribution in [0.3, 0.4) is 0 Å². The number of hydrogen-bond acceptors (Lipinski definition) is 6. The fourth-order valence-corrected chi connectivity index (χ4v) is 5.57. The molecule has 1 spiro atoms. The highest BCUT2D eigenvalue weighted by Crippen LogP contribution is 2.53. The van der Waals surface area contributed by atoms with Crippen LogP contribution in [-0.2, 0) is 14.3 Å². The van der Waals surface area contributed by atoms with Gasteiger partial charge in [-0.15, -0.1) is 0 Å². The van der Waals surface area contributed by atoms with Gasteiger partial charge >= 0.3 is 5.97 Å². The monoisotopic (exact) mass is 497 g/mol. The topological polar surface area (TPSA) is 73.3 Å². The van der Waals surface area contributed by atoms with E-state index < -0.39 is 12.0 Å². The highest BCUT2D eigenvalue weighted by Gasteiger charge is 2.51. The second-order valence-corrected chi connectivity index (χ2v) is 10.5. The van der Waals surface area contributed by atoms with E-state index in [-0.39, 0.29) is 23.5 Å². The van der Waals surface area contributed by atoms with E-state index in [0.29, 0.717) is 49.1 Å². The van der Waals surface area contributed by atoms with Gasteiger partial charge in [0.05, 0.1) is 23.3 Å². The van der Waals surface area contributed by atoms with Crippen LogP contribution < -0.4 is 4.90 Å². The Labute approximate surface area is 205 Å². The van der Waals surface area contributed by atoms with Crippen molar-refractivity contribution in [1.82, 2.24) is 9.80 Å². The van der Waals surface area contributed by atoms with Crippen LogP contribution in [-0.4, -0.2) is 84.8 Å². The zero-order chi connectivity index (χ0) is 23.8. The van der Waals surface area contributed by atoms with Gasteiger partial charge in [-0.1, -0.05) is 23.2 Å². The second-order valence-electron chi connectivity index (χ2n) is 9.69. The summed E-state index contributed by atoms with van der Waals surface area (Å²) in [5.74, 6) is -0.454. The number of amides is 1. The van der Waals surface area contributed by atoms with Crippen LogP contribution in [0.1, 0.15) is 39.0 Å². The van der Waals surface area contributed by atoms with Crippen molar-refractivity contribution in [3.63, 3.8) is 0 Å².